The van der Waals surface area contributed by atoms with Crippen LogP contribution in [0.15, 0.2) is 0 Å². The first-order valence-electron chi connectivity index (χ1n) is 22.0. The minimum Gasteiger partial charge on any atom is -0.479 e. The number of unbranched alkanes of at least 4 members (excludes halogenated alkanes) is 28. The lowest BCUT2D eigenvalue weighted by Crippen LogP contribution is -2.31. The molecule has 0 aromatic heterocycles. The zero-order valence-corrected chi connectivity index (χ0v) is 35.4. The highest BCUT2D eigenvalue weighted by Crippen LogP contribution is 2.44. The van der Waals surface area contributed by atoms with E-state index >= 15 is 0 Å². The summed E-state index contributed by atoms with van der Waals surface area (Å²) < 4.78 is 32.4. The number of carboxylic acid groups (broad SMARTS) is 1. The molecule has 0 aromatic carbocycles. The number of aliphatic hydroxyl groups is 1. The van der Waals surface area contributed by atoms with Crippen molar-refractivity contribution < 1.29 is 52.6 Å². The van der Waals surface area contributed by atoms with Crippen LogP contribution >= 0.6 is 7.82 Å². The number of esters is 2. The van der Waals surface area contributed by atoms with E-state index in [1.165, 1.54) is 141 Å². The van der Waals surface area contributed by atoms with Crippen LogP contribution in [0.1, 0.15) is 219 Å². The van der Waals surface area contributed by atoms with Crippen molar-refractivity contribution in [1.82, 2.24) is 0 Å². The van der Waals surface area contributed by atoms with Gasteiger partial charge in [-0.05, 0) is 12.8 Å². The molecule has 11 nitrogen and oxygen atoms in total. The van der Waals surface area contributed by atoms with Gasteiger partial charge in [-0.1, -0.05) is 194 Å². The zero-order valence-electron chi connectivity index (χ0n) is 34.5. The van der Waals surface area contributed by atoms with Gasteiger partial charge in [0.25, 0.3) is 0 Å². The zero-order chi connectivity index (χ0) is 40.0. The smallest absolute Gasteiger partial charge is 0.473 e. The van der Waals surface area contributed by atoms with Crippen LogP contribution in [0.2, 0.25) is 0 Å². The van der Waals surface area contributed by atoms with Gasteiger partial charge in [-0.25, -0.2) is 9.36 Å². The Hall–Kier alpha value is -1.52. The van der Waals surface area contributed by atoms with Crippen LogP contribution in [0.4, 0.5) is 0 Å². The molecule has 0 aliphatic carbocycles. The first-order chi connectivity index (χ1) is 26.1. The van der Waals surface area contributed by atoms with Crippen LogP contribution in [0.25, 0.3) is 0 Å². The number of hydrogen-bond acceptors (Lipinski definition) is 9. The summed E-state index contributed by atoms with van der Waals surface area (Å²) in [7, 11) is -4.94. The summed E-state index contributed by atoms with van der Waals surface area (Å²) in [6.45, 7) is 2.40. The average Bonchev–Trinajstić information content (AvgIpc) is 3.14. The highest BCUT2D eigenvalue weighted by Gasteiger charge is 2.32. The molecule has 0 saturated carbocycles. The number of aliphatic carboxylic acids is 1. The predicted molar refractivity (Wildman–Crippen MR) is 215 cm³/mol. The third-order valence-corrected chi connectivity index (χ3v) is 10.8. The Labute approximate surface area is 329 Å². The van der Waals surface area contributed by atoms with Gasteiger partial charge in [-0.2, -0.15) is 0 Å². The first-order valence-corrected chi connectivity index (χ1v) is 23.5. The third kappa shape index (κ3) is 36.1. The van der Waals surface area contributed by atoms with E-state index in [0.717, 1.165) is 38.5 Å². The molecule has 2 unspecified atom stereocenters. The van der Waals surface area contributed by atoms with Crippen LogP contribution in [-0.4, -0.2) is 65.0 Å². The van der Waals surface area contributed by atoms with E-state index in [2.05, 4.69) is 18.4 Å². The minimum atomic E-state index is -4.94. The lowest BCUT2D eigenvalue weighted by Gasteiger charge is -2.21. The summed E-state index contributed by atoms with van der Waals surface area (Å²) in [4.78, 5) is 46.1. The summed E-state index contributed by atoms with van der Waals surface area (Å²) >= 11 is 0. The fourth-order valence-electron chi connectivity index (χ4n) is 6.43. The van der Waals surface area contributed by atoms with Gasteiger partial charge in [0, 0.05) is 12.8 Å². The van der Waals surface area contributed by atoms with E-state index in [-0.39, 0.29) is 19.4 Å². The molecular formula is C42H81O11P. The number of phosphoric ester groups is 1. The molecule has 0 aromatic rings. The van der Waals surface area contributed by atoms with Gasteiger partial charge < -0.3 is 24.6 Å². The number of rotatable bonds is 42. The number of aliphatic hydroxyl groups excluding tert-OH is 1. The number of carbonyl (C=O) groups is 3. The van der Waals surface area contributed by atoms with Crippen LogP contribution < -0.4 is 0 Å². The normalized spacial score (nSPS) is 13.7. The Kier molecular flexibility index (Phi) is 37.3. The maximum atomic E-state index is 12.6. The molecule has 3 atom stereocenters. The van der Waals surface area contributed by atoms with Crippen molar-refractivity contribution in [3.63, 3.8) is 0 Å². The van der Waals surface area contributed by atoms with Crippen molar-refractivity contribution >= 4 is 25.7 Å². The fraction of sp³-hybridized carbons (Fsp3) is 0.929. The summed E-state index contributed by atoms with van der Waals surface area (Å²) in [5.41, 5.74) is 0. The molecule has 0 bridgehead atoms. The monoisotopic (exact) mass is 793 g/mol. The van der Waals surface area contributed by atoms with Gasteiger partial charge in [0.15, 0.2) is 12.2 Å². The first kappa shape index (κ1) is 52.5. The molecule has 0 heterocycles. The number of carbonyl (C=O) groups excluding carboxylic acids is 2. The highest BCUT2D eigenvalue weighted by atomic mass is 31.2. The van der Waals surface area contributed by atoms with E-state index in [9.17, 15) is 23.8 Å². The van der Waals surface area contributed by atoms with Crippen molar-refractivity contribution in [2.75, 3.05) is 19.8 Å². The Balaban J connectivity index is 4.34. The molecule has 0 aliphatic heterocycles. The summed E-state index contributed by atoms with van der Waals surface area (Å²) in [6, 6.07) is 0. The standard InChI is InChI=1S/C42H81O11P/c1-3-5-7-9-11-13-15-17-19-21-23-25-27-29-31-33-40(44)50-36-38(37-51-54(48,49)53-39(35-43)42(46)47)52-41(45)34-32-30-28-26-24-22-20-18-16-14-12-10-8-6-4-2/h38-39,43H,3-37H2,1-2H3,(H,46,47)(H,48,49)/t38-,39?/m1/s1. The number of carboxylic acids is 1. The van der Waals surface area contributed by atoms with Gasteiger partial charge in [-0.3, -0.25) is 18.6 Å². The molecule has 0 radical (unpaired) electrons. The summed E-state index contributed by atoms with van der Waals surface area (Å²) in [5, 5.41) is 18.1. The Morgan fingerprint density at radius 3 is 1.19 bits per heavy atom. The second kappa shape index (κ2) is 38.4. The van der Waals surface area contributed by atoms with Crippen LogP contribution in [0.5, 0.6) is 0 Å². The minimum absolute atomic E-state index is 0.140. The van der Waals surface area contributed by atoms with E-state index in [1.807, 2.05) is 0 Å². The molecule has 3 N–H and O–H groups in total. The van der Waals surface area contributed by atoms with Gasteiger partial charge in [-0.15, -0.1) is 0 Å². The lowest BCUT2D eigenvalue weighted by atomic mass is 10.0. The number of phosphoric acid groups is 1. The van der Waals surface area contributed by atoms with Gasteiger partial charge in [0.05, 0.1) is 13.2 Å². The third-order valence-electron chi connectivity index (χ3n) is 9.82. The molecule has 0 saturated heterocycles. The SMILES string of the molecule is CCCCCCCCCCCCCCCCCC(=O)OC[C@H](COP(=O)(O)OC(CO)C(=O)O)OC(=O)CCCCCCCCCCCCCCCCC. The number of ether oxygens (including phenoxy) is 2. The van der Waals surface area contributed by atoms with E-state index in [1.54, 1.807) is 0 Å². The lowest BCUT2D eigenvalue weighted by molar-refractivity contribution is -0.161. The summed E-state index contributed by atoms with van der Waals surface area (Å²) in [6.07, 6.45) is 33.5. The van der Waals surface area contributed by atoms with Gasteiger partial charge >= 0.3 is 25.7 Å². The average molecular weight is 793 g/mol. The Morgan fingerprint density at radius 1 is 0.519 bits per heavy atom. The van der Waals surface area contributed by atoms with Gasteiger partial charge in [0.2, 0.25) is 0 Å². The van der Waals surface area contributed by atoms with Crippen molar-refractivity contribution in [2.45, 2.75) is 232 Å². The fourth-order valence-corrected chi connectivity index (χ4v) is 7.32. The van der Waals surface area contributed by atoms with Crippen molar-refractivity contribution in [2.24, 2.45) is 0 Å². The van der Waals surface area contributed by atoms with Gasteiger partial charge in [0.1, 0.15) is 6.61 Å². The maximum absolute atomic E-state index is 12.6. The quantitative estimate of drug-likeness (QED) is 0.0306. The Morgan fingerprint density at radius 2 is 0.852 bits per heavy atom. The molecule has 0 spiro atoms. The maximum Gasteiger partial charge on any atom is 0.473 e. The molecular weight excluding hydrogens is 711 g/mol. The van der Waals surface area contributed by atoms with E-state index in [4.69, 9.17) is 24.2 Å². The predicted octanol–water partition coefficient (Wildman–Crippen LogP) is 11.5. The molecule has 12 heteroatoms. The Bertz CT molecular complexity index is 932. The van der Waals surface area contributed by atoms with E-state index in [0.29, 0.717) is 12.8 Å². The topological polar surface area (TPSA) is 166 Å². The van der Waals surface area contributed by atoms with Crippen LogP contribution in [0, 0.1) is 0 Å². The van der Waals surface area contributed by atoms with Crippen molar-refractivity contribution in [3.05, 3.63) is 0 Å². The largest absolute Gasteiger partial charge is 0.479 e. The highest BCUT2D eigenvalue weighted by molar-refractivity contribution is 7.47. The second-order valence-electron chi connectivity index (χ2n) is 15.1. The molecule has 0 fully saturated rings. The molecule has 0 amide bonds. The molecule has 0 rings (SSSR count). The van der Waals surface area contributed by atoms with Crippen LogP contribution in [-0.2, 0) is 37.5 Å². The molecule has 54 heavy (non-hydrogen) atoms. The van der Waals surface area contributed by atoms with Crippen molar-refractivity contribution in [3.8, 4) is 0 Å². The molecule has 320 valence electrons. The second-order valence-corrected chi connectivity index (χ2v) is 16.5. The van der Waals surface area contributed by atoms with Crippen LogP contribution in [0.3, 0.4) is 0 Å². The summed E-state index contributed by atoms with van der Waals surface area (Å²) in [5.74, 6) is -2.67. The number of hydrogen-bond donors (Lipinski definition) is 3. The molecule has 0 aliphatic rings. The van der Waals surface area contributed by atoms with Crippen molar-refractivity contribution in [1.29, 1.82) is 0 Å². The van der Waals surface area contributed by atoms with E-state index < -0.39 is 51.2 Å².